The van der Waals surface area contributed by atoms with E-state index in [1.807, 2.05) is 12.3 Å². The maximum absolute atomic E-state index is 4.60. The number of nitrogens with zero attached hydrogens (tertiary/aromatic N) is 1. The van der Waals surface area contributed by atoms with Crippen molar-refractivity contribution in [3.05, 3.63) is 41.6 Å². The third-order valence-electron chi connectivity index (χ3n) is 4.81. The molecule has 23 heavy (non-hydrogen) atoms. The average Bonchev–Trinajstić information content (AvgIpc) is 3.31. The number of benzene rings is 1. The summed E-state index contributed by atoms with van der Waals surface area (Å²) in [7, 11) is 0. The molecule has 0 spiro atoms. The third-order valence-corrected chi connectivity index (χ3v) is 5.68. The van der Waals surface area contributed by atoms with Gasteiger partial charge in [-0.2, -0.15) is 0 Å². The van der Waals surface area contributed by atoms with Gasteiger partial charge in [0.25, 0.3) is 0 Å². The Balaban J connectivity index is 1.72. The fraction of sp³-hybridized carbons (Fsp3) is 0.421. The molecule has 120 valence electrons. The van der Waals surface area contributed by atoms with E-state index in [1.54, 1.807) is 11.9 Å². The molecular formula is C19H23N3S. The number of rotatable bonds is 5. The number of hydrogen-bond donors (Lipinski definition) is 2. The quantitative estimate of drug-likeness (QED) is 0.815. The maximum Gasteiger partial charge on any atom is 0.0719 e. The fourth-order valence-electron chi connectivity index (χ4n) is 3.32. The Hall–Kier alpha value is -1.36. The number of nitrogens with one attached hydrogen (secondary N) is 2. The summed E-state index contributed by atoms with van der Waals surface area (Å²) in [6, 6.07) is 9.18. The van der Waals surface area contributed by atoms with Gasteiger partial charge >= 0.3 is 0 Å². The first-order valence-electron chi connectivity index (χ1n) is 8.44. The molecule has 3 nitrogen and oxygen atoms in total. The molecule has 1 aliphatic heterocycles. The summed E-state index contributed by atoms with van der Waals surface area (Å²) < 4.78 is 3.55. The van der Waals surface area contributed by atoms with Gasteiger partial charge in [-0.3, -0.25) is 9.71 Å². The first kappa shape index (κ1) is 15.2. The van der Waals surface area contributed by atoms with Crippen LogP contribution >= 0.6 is 11.9 Å². The number of fused-ring (bicyclic) bond motifs is 1. The smallest absolute Gasteiger partial charge is 0.0719 e. The number of hydrogen-bond acceptors (Lipinski definition) is 4. The van der Waals surface area contributed by atoms with Gasteiger partial charge in [0.15, 0.2) is 0 Å². The van der Waals surface area contributed by atoms with Gasteiger partial charge < -0.3 is 5.32 Å². The molecule has 1 aromatic carbocycles. The van der Waals surface area contributed by atoms with Gasteiger partial charge in [0, 0.05) is 35.6 Å². The highest BCUT2D eigenvalue weighted by Gasteiger charge is 2.22. The summed E-state index contributed by atoms with van der Waals surface area (Å²) in [6.45, 7) is 6.56. The molecule has 1 aromatic heterocycles. The molecule has 2 N–H and O–H groups in total. The van der Waals surface area contributed by atoms with Gasteiger partial charge in [-0.15, -0.1) is 0 Å². The Morgan fingerprint density at radius 1 is 1.35 bits per heavy atom. The van der Waals surface area contributed by atoms with E-state index in [0.717, 1.165) is 24.5 Å². The normalized spacial score (nSPS) is 21.4. The van der Waals surface area contributed by atoms with E-state index < -0.39 is 0 Å². The first-order chi connectivity index (χ1) is 11.2. The summed E-state index contributed by atoms with van der Waals surface area (Å²) in [5.41, 5.74) is 5.26. The van der Waals surface area contributed by atoms with Crippen LogP contribution in [0.3, 0.4) is 0 Å². The Labute approximate surface area is 142 Å². The summed E-state index contributed by atoms with van der Waals surface area (Å²) in [5.74, 6) is 0.888. The molecule has 0 amide bonds. The van der Waals surface area contributed by atoms with Crippen LogP contribution in [0.5, 0.6) is 0 Å². The van der Waals surface area contributed by atoms with E-state index in [2.05, 4.69) is 47.1 Å². The summed E-state index contributed by atoms with van der Waals surface area (Å²) in [6.07, 6.45) is 4.64. The Morgan fingerprint density at radius 3 is 2.96 bits per heavy atom. The molecule has 4 heteroatoms. The monoisotopic (exact) mass is 325 g/mol. The van der Waals surface area contributed by atoms with Gasteiger partial charge in [-0.1, -0.05) is 11.6 Å². The van der Waals surface area contributed by atoms with Gasteiger partial charge in [0.05, 0.1) is 5.52 Å². The van der Waals surface area contributed by atoms with Crippen LogP contribution in [0.25, 0.3) is 16.5 Å². The molecule has 2 aromatic rings. The third kappa shape index (κ3) is 3.16. The van der Waals surface area contributed by atoms with Crippen molar-refractivity contribution in [2.24, 2.45) is 5.92 Å². The van der Waals surface area contributed by atoms with Crippen molar-refractivity contribution in [1.29, 1.82) is 0 Å². The fourth-order valence-corrected chi connectivity index (χ4v) is 4.26. The molecule has 0 bridgehead atoms. The molecule has 1 aliphatic carbocycles. The first-order valence-corrected chi connectivity index (χ1v) is 9.26. The molecule has 1 saturated carbocycles. The lowest BCUT2D eigenvalue weighted by Crippen LogP contribution is -2.20. The van der Waals surface area contributed by atoms with E-state index >= 15 is 0 Å². The highest BCUT2D eigenvalue weighted by molar-refractivity contribution is 7.97. The van der Waals surface area contributed by atoms with Gasteiger partial charge in [0.1, 0.15) is 0 Å². The summed E-state index contributed by atoms with van der Waals surface area (Å²) in [5, 5.41) is 4.77. The lowest BCUT2D eigenvalue weighted by molar-refractivity contribution is 0.730. The summed E-state index contributed by atoms with van der Waals surface area (Å²) >= 11 is 1.76. The van der Waals surface area contributed by atoms with Crippen LogP contribution in [0.2, 0.25) is 0 Å². The van der Waals surface area contributed by atoms with Crippen LogP contribution < -0.4 is 10.0 Å². The second-order valence-corrected chi connectivity index (χ2v) is 7.67. The topological polar surface area (TPSA) is 37.0 Å². The minimum absolute atomic E-state index is 0.411. The zero-order valence-electron chi connectivity index (χ0n) is 13.7. The molecule has 1 fully saturated rings. The molecule has 1 unspecified atom stereocenters. The predicted molar refractivity (Wildman–Crippen MR) is 98.4 cm³/mol. The van der Waals surface area contributed by atoms with Gasteiger partial charge in [-0.05, 0) is 73.9 Å². The van der Waals surface area contributed by atoms with Crippen LogP contribution in [0.1, 0.15) is 32.3 Å². The molecule has 2 heterocycles. The second kappa shape index (κ2) is 6.27. The zero-order chi connectivity index (χ0) is 15.8. The molecule has 1 atom stereocenters. The van der Waals surface area contributed by atoms with E-state index in [4.69, 9.17) is 0 Å². The average molecular weight is 325 g/mol. The Morgan fingerprint density at radius 2 is 2.22 bits per heavy atom. The molecule has 0 saturated heterocycles. The lowest BCUT2D eigenvalue weighted by atomic mass is 9.97. The van der Waals surface area contributed by atoms with Crippen LogP contribution in [-0.4, -0.2) is 24.1 Å². The Kier molecular flexibility index (Phi) is 4.14. The van der Waals surface area contributed by atoms with Crippen molar-refractivity contribution in [3.8, 4) is 0 Å². The van der Waals surface area contributed by atoms with Gasteiger partial charge in [-0.25, -0.2) is 0 Å². The van der Waals surface area contributed by atoms with E-state index in [9.17, 15) is 0 Å². The second-order valence-electron chi connectivity index (χ2n) is 6.73. The minimum atomic E-state index is 0.411. The van der Waals surface area contributed by atoms with Crippen molar-refractivity contribution in [2.45, 2.75) is 37.6 Å². The van der Waals surface area contributed by atoms with Crippen LogP contribution in [0, 0.1) is 5.92 Å². The van der Waals surface area contributed by atoms with Crippen molar-refractivity contribution in [1.82, 2.24) is 15.0 Å². The van der Waals surface area contributed by atoms with Crippen molar-refractivity contribution in [2.75, 3.05) is 13.1 Å². The van der Waals surface area contributed by atoms with E-state index in [0.29, 0.717) is 6.04 Å². The lowest BCUT2D eigenvalue weighted by Gasteiger charge is -2.14. The number of pyridine rings is 1. The highest BCUT2D eigenvalue weighted by atomic mass is 32.2. The minimum Gasteiger partial charge on any atom is -0.306 e. The van der Waals surface area contributed by atoms with E-state index in [1.165, 1.54) is 39.8 Å². The maximum atomic E-state index is 4.60. The zero-order valence-corrected chi connectivity index (χ0v) is 14.5. The van der Waals surface area contributed by atoms with Crippen LogP contribution in [0.4, 0.5) is 0 Å². The molecule has 4 rings (SSSR count). The Bertz CT molecular complexity index is 764. The standard InChI is InChI=1S/C19H23N3S/c1-12-10-21-13(2)19(12)15-8-17-16(4-3-7-20-17)18(9-15)23-22-11-14-5-6-14/h3-4,7-9,13-14,21-22H,5-6,10-11H2,1-2H3. The van der Waals surface area contributed by atoms with Crippen molar-refractivity contribution < 1.29 is 0 Å². The largest absolute Gasteiger partial charge is 0.306 e. The van der Waals surface area contributed by atoms with Crippen LogP contribution in [-0.2, 0) is 0 Å². The SMILES string of the molecule is CC1=C(c2cc(SNCC3CC3)c3cccnc3c2)C(C)NC1. The predicted octanol–water partition coefficient (Wildman–Crippen LogP) is 4.01. The van der Waals surface area contributed by atoms with Crippen molar-refractivity contribution in [3.63, 3.8) is 0 Å². The van der Waals surface area contributed by atoms with Crippen molar-refractivity contribution >= 4 is 28.4 Å². The number of aromatic nitrogens is 1. The molecule has 2 aliphatic rings. The van der Waals surface area contributed by atoms with Gasteiger partial charge in [0.2, 0.25) is 0 Å². The highest BCUT2D eigenvalue weighted by Crippen LogP contribution is 2.34. The van der Waals surface area contributed by atoms with E-state index in [-0.39, 0.29) is 0 Å². The molecular weight excluding hydrogens is 302 g/mol. The van der Waals surface area contributed by atoms with Crippen LogP contribution in [0.15, 0.2) is 40.9 Å². The molecule has 0 radical (unpaired) electrons. The summed E-state index contributed by atoms with van der Waals surface area (Å²) in [4.78, 5) is 5.88.